The van der Waals surface area contributed by atoms with Gasteiger partial charge in [0, 0.05) is 16.7 Å². The molecule has 2 aromatic rings. The van der Waals surface area contributed by atoms with Crippen LogP contribution in [-0.4, -0.2) is 36.6 Å². The van der Waals surface area contributed by atoms with E-state index in [0.29, 0.717) is 28.2 Å². The zero-order chi connectivity index (χ0) is 21.1. The molecule has 1 N–H and O–H groups in total. The van der Waals surface area contributed by atoms with Crippen molar-refractivity contribution >= 4 is 11.8 Å². The fourth-order valence-corrected chi connectivity index (χ4v) is 2.85. The van der Waals surface area contributed by atoms with Crippen molar-refractivity contribution in [3.8, 4) is 11.5 Å². The van der Waals surface area contributed by atoms with Crippen LogP contribution in [0.15, 0.2) is 36.4 Å². The Morgan fingerprint density at radius 1 is 0.964 bits per heavy atom. The Morgan fingerprint density at radius 2 is 1.61 bits per heavy atom. The van der Waals surface area contributed by atoms with Crippen LogP contribution < -0.4 is 14.9 Å². The van der Waals surface area contributed by atoms with E-state index in [0.717, 1.165) is 5.56 Å². The molecule has 150 valence electrons. The number of benzene rings is 2. The van der Waals surface area contributed by atoms with E-state index in [1.807, 2.05) is 40.7 Å². The molecule has 0 aliphatic rings. The van der Waals surface area contributed by atoms with Gasteiger partial charge in [-0.1, -0.05) is 12.1 Å². The minimum Gasteiger partial charge on any atom is -0.496 e. The molecule has 0 aliphatic heterocycles. The number of nitrogens with zero attached hydrogens (tertiary/aromatic N) is 1. The van der Waals surface area contributed by atoms with Crippen molar-refractivity contribution < 1.29 is 19.1 Å². The molecule has 0 unspecified atom stereocenters. The highest BCUT2D eigenvalue weighted by atomic mass is 16.5. The SMILES string of the molecule is COc1cc(C(=O)N(NC(=O)c2cccc(OC)c2C)C(C)(C)C)ccc1C. The van der Waals surface area contributed by atoms with Gasteiger partial charge in [0.25, 0.3) is 11.8 Å². The number of methoxy groups -OCH3 is 2. The first-order valence-corrected chi connectivity index (χ1v) is 9.04. The highest BCUT2D eigenvalue weighted by Crippen LogP contribution is 2.24. The van der Waals surface area contributed by atoms with Crippen LogP contribution >= 0.6 is 0 Å². The van der Waals surface area contributed by atoms with Crippen LogP contribution in [-0.2, 0) is 0 Å². The number of ether oxygens (including phenoxy) is 2. The van der Waals surface area contributed by atoms with E-state index in [9.17, 15) is 9.59 Å². The molecular weight excluding hydrogens is 356 g/mol. The van der Waals surface area contributed by atoms with Gasteiger partial charge < -0.3 is 9.47 Å². The van der Waals surface area contributed by atoms with Gasteiger partial charge in [-0.3, -0.25) is 15.0 Å². The summed E-state index contributed by atoms with van der Waals surface area (Å²) in [6, 6.07) is 10.5. The van der Waals surface area contributed by atoms with Crippen molar-refractivity contribution in [3.05, 3.63) is 58.7 Å². The van der Waals surface area contributed by atoms with E-state index in [1.54, 1.807) is 44.6 Å². The summed E-state index contributed by atoms with van der Waals surface area (Å²) in [4.78, 5) is 26.1. The number of rotatable bonds is 4. The quantitative estimate of drug-likeness (QED) is 0.812. The Hall–Kier alpha value is -3.02. The molecule has 2 aromatic carbocycles. The zero-order valence-electron chi connectivity index (χ0n) is 17.5. The summed E-state index contributed by atoms with van der Waals surface area (Å²) >= 11 is 0. The first-order chi connectivity index (χ1) is 13.1. The minimum atomic E-state index is -0.641. The average Bonchev–Trinajstić information content (AvgIpc) is 2.65. The van der Waals surface area contributed by atoms with Crippen molar-refractivity contribution in [2.75, 3.05) is 14.2 Å². The lowest BCUT2D eigenvalue weighted by Gasteiger charge is -2.35. The van der Waals surface area contributed by atoms with Crippen LogP contribution in [0.1, 0.15) is 52.6 Å². The third kappa shape index (κ3) is 4.44. The molecule has 0 spiro atoms. The lowest BCUT2D eigenvalue weighted by molar-refractivity contribution is 0.0358. The van der Waals surface area contributed by atoms with E-state index < -0.39 is 5.54 Å². The summed E-state index contributed by atoms with van der Waals surface area (Å²) in [5.74, 6) is 0.540. The molecule has 0 bridgehead atoms. The van der Waals surface area contributed by atoms with Gasteiger partial charge in [-0.2, -0.15) is 0 Å². The lowest BCUT2D eigenvalue weighted by atomic mass is 10.0. The van der Waals surface area contributed by atoms with Gasteiger partial charge in [0.1, 0.15) is 11.5 Å². The normalized spacial score (nSPS) is 11.0. The van der Waals surface area contributed by atoms with Crippen LogP contribution in [0.3, 0.4) is 0 Å². The van der Waals surface area contributed by atoms with Gasteiger partial charge in [-0.25, -0.2) is 5.01 Å². The number of hydrogen-bond donors (Lipinski definition) is 1. The summed E-state index contributed by atoms with van der Waals surface area (Å²) in [7, 11) is 3.12. The molecule has 0 aliphatic carbocycles. The van der Waals surface area contributed by atoms with Gasteiger partial charge in [0.15, 0.2) is 0 Å². The van der Waals surface area contributed by atoms with E-state index in [2.05, 4.69) is 5.43 Å². The van der Waals surface area contributed by atoms with Gasteiger partial charge in [-0.15, -0.1) is 0 Å². The molecule has 6 heteroatoms. The van der Waals surface area contributed by atoms with Crippen molar-refractivity contribution in [2.24, 2.45) is 0 Å². The Kier molecular flexibility index (Phi) is 6.33. The van der Waals surface area contributed by atoms with Gasteiger partial charge in [0.2, 0.25) is 0 Å². The molecule has 0 atom stereocenters. The van der Waals surface area contributed by atoms with Crippen LogP contribution in [0, 0.1) is 13.8 Å². The molecule has 0 aromatic heterocycles. The van der Waals surface area contributed by atoms with E-state index in [4.69, 9.17) is 9.47 Å². The summed E-state index contributed by atoms with van der Waals surface area (Å²) in [6.07, 6.45) is 0. The predicted molar refractivity (Wildman–Crippen MR) is 109 cm³/mol. The third-order valence-electron chi connectivity index (χ3n) is 4.49. The van der Waals surface area contributed by atoms with Crippen molar-refractivity contribution in [2.45, 2.75) is 40.2 Å². The fraction of sp³-hybridized carbons (Fsp3) is 0.364. The fourth-order valence-electron chi connectivity index (χ4n) is 2.85. The predicted octanol–water partition coefficient (Wildman–Crippen LogP) is 3.91. The third-order valence-corrected chi connectivity index (χ3v) is 4.49. The van der Waals surface area contributed by atoms with Crippen LogP contribution in [0.4, 0.5) is 0 Å². The number of hydrogen-bond acceptors (Lipinski definition) is 4. The van der Waals surface area contributed by atoms with Gasteiger partial charge in [0.05, 0.1) is 19.8 Å². The molecule has 2 rings (SSSR count). The molecular formula is C22H28N2O4. The van der Waals surface area contributed by atoms with Crippen LogP contribution in [0.25, 0.3) is 0 Å². The van der Waals surface area contributed by atoms with E-state index in [-0.39, 0.29) is 11.8 Å². The smallest absolute Gasteiger partial charge is 0.272 e. The summed E-state index contributed by atoms with van der Waals surface area (Å²) < 4.78 is 10.6. The molecule has 2 amide bonds. The lowest BCUT2D eigenvalue weighted by Crippen LogP contribution is -2.56. The number of nitrogens with one attached hydrogen (secondary N) is 1. The molecule has 0 radical (unpaired) electrons. The van der Waals surface area contributed by atoms with Gasteiger partial charge in [-0.05, 0) is 64.4 Å². The van der Waals surface area contributed by atoms with Crippen molar-refractivity contribution in [1.29, 1.82) is 0 Å². The molecule has 0 fully saturated rings. The summed E-state index contributed by atoms with van der Waals surface area (Å²) in [5.41, 5.74) is 4.64. The largest absolute Gasteiger partial charge is 0.496 e. The second-order valence-electron chi connectivity index (χ2n) is 7.57. The standard InChI is InChI=1S/C22H28N2O4/c1-14-11-12-16(13-19(14)28-7)21(26)24(22(3,4)5)23-20(25)17-9-8-10-18(27-6)15(17)2/h8-13H,1-7H3,(H,23,25). The number of carbonyl (C=O) groups is 2. The minimum absolute atomic E-state index is 0.320. The van der Waals surface area contributed by atoms with E-state index in [1.165, 1.54) is 5.01 Å². The molecule has 0 saturated carbocycles. The Balaban J connectivity index is 2.37. The monoisotopic (exact) mass is 384 g/mol. The molecule has 28 heavy (non-hydrogen) atoms. The first kappa shape index (κ1) is 21.3. The second-order valence-corrected chi connectivity index (χ2v) is 7.57. The topological polar surface area (TPSA) is 67.9 Å². The molecule has 0 saturated heterocycles. The first-order valence-electron chi connectivity index (χ1n) is 9.04. The number of amides is 2. The highest BCUT2D eigenvalue weighted by molar-refractivity contribution is 6.00. The van der Waals surface area contributed by atoms with Crippen molar-refractivity contribution in [1.82, 2.24) is 10.4 Å². The zero-order valence-corrected chi connectivity index (χ0v) is 17.5. The Labute approximate surface area is 166 Å². The molecule has 6 nitrogen and oxygen atoms in total. The van der Waals surface area contributed by atoms with Gasteiger partial charge >= 0.3 is 0 Å². The van der Waals surface area contributed by atoms with Crippen LogP contribution in [0.2, 0.25) is 0 Å². The number of hydrazine groups is 1. The maximum atomic E-state index is 13.2. The highest BCUT2D eigenvalue weighted by Gasteiger charge is 2.30. The summed E-state index contributed by atoms with van der Waals surface area (Å²) in [5, 5.41) is 1.35. The molecule has 0 heterocycles. The average molecular weight is 384 g/mol. The second kappa shape index (κ2) is 8.33. The van der Waals surface area contributed by atoms with Crippen LogP contribution in [0.5, 0.6) is 11.5 Å². The number of aryl methyl sites for hydroxylation is 1. The Morgan fingerprint density at radius 3 is 2.18 bits per heavy atom. The van der Waals surface area contributed by atoms with E-state index >= 15 is 0 Å². The maximum Gasteiger partial charge on any atom is 0.272 e. The summed E-state index contributed by atoms with van der Waals surface area (Å²) in [6.45, 7) is 9.28. The maximum absolute atomic E-state index is 13.2. The number of carbonyl (C=O) groups excluding carboxylic acids is 2. The Bertz CT molecular complexity index is 885. The van der Waals surface area contributed by atoms with Crippen molar-refractivity contribution in [3.63, 3.8) is 0 Å².